The molecule has 1 N–H and O–H groups in total. The normalized spacial score (nSPS) is 15.0. The second-order valence-electron chi connectivity index (χ2n) is 7.91. The summed E-state index contributed by atoms with van der Waals surface area (Å²) in [5, 5.41) is 2.74. The maximum atomic E-state index is 14.4. The summed E-state index contributed by atoms with van der Waals surface area (Å²) in [7, 11) is 1.78. The second kappa shape index (κ2) is 7.27. The van der Waals surface area contributed by atoms with Crippen molar-refractivity contribution in [3.63, 3.8) is 0 Å². The molecule has 0 saturated carbocycles. The highest BCUT2D eigenvalue weighted by Crippen LogP contribution is 2.31. The van der Waals surface area contributed by atoms with Crippen LogP contribution in [0.1, 0.15) is 43.1 Å². The Morgan fingerprint density at radius 2 is 1.84 bits per heavy atom. The van der Waals surface area contributed by atoms with Crippen LogP contribution in [0.25, 0.3) is 11.3 Å². The summed E-state index contributed by atoms with van der Waals surface area (Å²) in [4.78, 5) is 30.8. The molecule has 31 heavy (non-hydrogen) atoms. The molecule has 0 radical (unpaired) electrons. The number of nitrogens with zero attached hydrogens (tertiary/aromatic N) is 2. The van der Waals surface area contributed by atoms with E-state index in [1.165, 1.54) is 18.2 Å². The zero-order valence-corrected chi connectivity index (χ0v) is 16.8. The molecule has 5 rings (SSSR count). The highest BCUT2D eigenvalue weighted by atomic mass is 19.1. The number of hydrogen-bond acceptors (Lipinski definition) is 3. The summed E-state index contributed by atoms with van der Waals surface area (Å²) in [5.41, 5.74) is 4.12. The van der Waals surface area contributed by atoms with Crippen LogP contribution in [-0.4, -0.2) is 35.3 Å². The summed E-state index contributed by atoms with van der Waals surface area (Å²) in [5.74, 6) is -1.65. The van der Waals surface area contributed by atoms with Crippen molar-refractivity contribution >= 4 is 11.8 Å². The third kappa shape index (κ3) is 3.26. The van der Waals surface area contributed by atoms with Crippen molar-refractivity contribution in [1.29, 1.82) is 0 Å². The van der Waals surface area contributed by atoms with Crippen LogP contribution in [0.3, 0.4) is 0 Å². The molecule has 0 unspecified atom stereocenters. The Morgan fingerprint density at radius 3 is 2.61 bits per heavy atom. The van der Waals surface area contributed by atoms with Crippen LogP contribution < -0.4 is 5.32 Å². The molecule has 5 nitrogen and oxygen atoms in total. The molecule has 2 aliphatic heterocycles. The number of benzene rings is 2. The van der Waals surface area contributed by atoms with E-state index in [9.17, 15) is 18.4 Å². The van der Waals surface area contributed by atoms with Gasteiger partial charge in [0.15, 0.2) is 0 Å². The van der Waals surface area contributed by atoms with Crippen molar-refractivity contribution < 1.29 is 18.4 Å². The summed E-state index contributed by atoms with van der Waals surface area (Å²) >= 11 is 0. The summed E-state index contributed by atoms with van der Waals surface area (Å²) in [6, 6.07) is 10.9. The van der Waals surface area contributed by atoms with Gasteiger partial charge in [-0.1, -0.05) is 18.2 Å². The minimum absolute atomic E-state index is 0.00528. The van der Waals surface area contributed by atoms with Gasteiger partial charge >= 0.3 is 0 Å². The molecule has 3 aromatic rings. The summed E-state index contributed by atoms with van der Waals surface area (Å²) in [6.07, 6.45) is 1.14. The van der Waals surface area contributed by atoms with Crippen molar-refractivity contribution in [3.8, 4) is 11.3 Å². The van der Waals surface area contributed by atoms with E-state index in [-0.39, 0.29) is 29.6 Å². The Kier molecular flexibility index (Phi) is 4.54. The van der Waals surface area contributed by atoms with Crippen molar-refractivity contribution in [1.82, 2.24) is 15.2 Å². The van der Waals surface area contributed by atoms with Crippen LogP contribution >= 0.6 is 0 Å². The number of nitrogens with one attached hydrogen (secondary N) is 1. The molecule has 3 heterocycles. The van der Waals surface area contributed by atoms with E-state index >= 15 is 0 Å². The standard InChI is InChI=1S/C24H19F2N3O2/c1-29-8-7-14-9-13(5-6-16(14)24(29)31)10-15-11-19(22-17(25)3-2-4-18(22)26)28-20-12-27-23(30)21(15)20/h2-6,9,11H,7-8,10,12H2,1H3,(H,27,30). The van der Waals surface area contributed by atoms with Gasteiger partial charge in [0.2, 0.25) is 0 Å². The summed E-state index contributed by atoms with van der Waals surface area (Å²) in [6.45, 7) is 0.870. The molecule has 0 bridgehead atoms. The lowest BCUT2D eigenvalue weighted by Crippen LogP contribution is -2.34. The van der Waals surface area contributed by atoms with Gasteiger partial charge in [-0.25, -0.2) is 13.8 Å². The van der Waals surface area contributed by atoms with Crippen LogP contribution in [0.15, 0.2) is 42.5 Å². The molecule has 0 fully saturated rings. The van der Waals surface area contributed by atoms with E-state index in [2.05, 4.69) is 10.3 Å². The van der Waals surface area contributed by atoms with Crippen LogP contribution in [0.2, 0.25) is 0 Å². The maximum absolute atomic E-state index is 14.4. The Hall–Kier alpha value is -3.61. The first-order chi connectivity index (χ1) is 14.9. The molecule has 156 valence electrons. The fourth-order valence-corrected chi connectivity index (χ4v) is 4.31. The van der Waals surface area contributed by atoms with Gasteiger partial charge in [0, 0.05) is 19.2 Å². The van der Waals surface area contributed by atoms with Crippen molar-refractivity contribution in [3.05, 3.63) is 87.6 Å². The van der Waals surface area contributed by atoms with E-state index in [1.54, 1.807) is 18.0 Å². The fourth-order valence-electron chi connectivity index (χ4n) is 4.31. The lowest BCUT2D eigenvalue weighted by atomic mass is 9.92. The number of carbonyl (C=O) groups excluding carboxylic acids is 2. The minimum Gasteiger partial charge on any atom is -0.346 e. The fraction of sp³-hybridized carbons (Fsp3) is 0.208. The van der Waals surface area contributed by atoms with E-state index in [1.807, 2.05) is 18.2 Å². The maximum Gasteiger partial charge on any atom is 0.253 e. The lowest BCUT2D eigenvalue weighted by molar-refractivity contribution is 0.0780. The van der Waals surface area contributed by atoms with Gasteiger partial charge in [0.25, 0.3) is 11.8 Å². The Balaban J connectivity index is 1.59. The zero-order chi connectivity index (χ0) is 21.7. The van der Waals surface area contributed by atoms with Gasteiger partial charge in [0.1, 0.15) is 11.6 Å². The Morgan fingerprint density at radius 1 is 1.06 bits per heavy atom. The number of carbonyl (C=O) groups is 2. The molecule has 2 aromatic carbocycles. The highest BCUT2D eigenvalue weighted by molar-refractivity contribution is 6.00. The number of aromatic nitrogens is 1. The number of rotatable bonds is 3. The number of hydrogen-bond donors (Lipinski definition) is 1. The van der Waals surface area contributed by atoms with Gasteiger partial charge in [-0.3, -0.25) is 9.59 Å². The average molecular weight is 419 g/mol. The number of fused-ring (bicyclic) bond motifs is 2. The van der Waals surface area contributed by atoms with E-state index in [0.717, 1.165) is 17.5 Å². The van der Waals surface area contributed by atoms with E-state index < -0.39 is 11.6 Å². The first-order valence-electron chi connectivity index (χ1n) is 10.0. The van der Waals surface area contributed by atoms with Crippen LogP contribution in [0.5, 0.6) is 0 Å². The van der Waals surface area contributed by atoms with Gasteiger partial charge in [-0.05, 0) is 53.8 Å². The molecule has 0 aliphatic carbocycles. The van der Waals surface area contributed by atoms with Gasteiger partial charge < -0.3 is 10.2 Å². The first-order valence-corrected chi connectivity index (χ1v) is 10.0. The van der Waals surface area contributed by atoms with E-state index in [0.29, 0.717) is 35.3 Å². The average Bonchev–Trinajstić information content (AvgIpc) is 3.12. The van der Waals surface area contributed by atoms with Gasteiger partial charge in [-0.15, -0.1) is 0 Å². The summed E-state index contributed by atoms with van der Waals surface area (Å²) < 4.78 is 28.8. The Labute approximate surface area is 177 Å². The monoisotopic (exact) mass is 419 g/mol. The predicted molar refractivity (Wildman–Crippen MR) is 111 cm³/mol. The predicted octanol–water partition coefficient (Wildman–Crippen LogP) is 3.49. The molecule has 2 aliphatic rings. The molecule has 0 atom stereocenters. The molecule has 2 amide bonds. The SMILES string of the molecule is CN1CCc2cc(Cc3cc(-c4c(F)cccc4F)nc4c3C(=O)NC4)ccc2C1=O. The van der Waals surface area contributed by atoms with Crippen LogP contribution in [0.4, 0.5) is 8.78 Å². The molecular weight excluding hydrogens is 400 g/mol. The van der Waals surface area contributed by atoms with Crippen LogP contribution in [0, 0.1) is 11.6 Å². The van der Waals surface area contributed by atoms with Crippen LogP contribution in [-0.2, 0) is 19.4 Å². The third-order valence-corrected chi connectivity index (χ3v) is 5.90. The Bertz CT molecular complexity index is 1240. The van der Waals surface area contributed by atoms with Gasteiger partial charge in [-0.2, -0.15) is 0 Å². The topological polar surface area (TPSA) is 62.3 Å². The number of likely N-dealkylation sites (N-methyl/N-ethyl adjacent to an activating group) is 1. The second-order valence-corrected chi connectivity index (χ2v) is 7.91. The molecular formula is C24H19F2N3O2. The lowest BCUT2D eigenvalue weighted by Gasteiger charge is -2.25. The quantitative estimate of drug-likeness (QED) is 0.707. The first kappa shape index (κ1) is 19.4. The molecule has 7 heteroatoms. The zero-order valence-electron chi connectivity index (χ0n) is 16.8. The smallest absolute Gasteiger partial charge is 0.253 e. The molecule has 1 aromatic heterocycles. The molecule has 0 spiro atoms. The molecule has 0 saturated heterocycles. The number of amides is 2. The van der Waals surface area contributed by atoms with E-state index in [4.69, 9.17) is 0 Å². The van der Waals surface area contributed by atoms with Gasteiger partial charge in [0.05, 0.1) is 29.1 Å². The highest BCUT2D eigenvalue weighted by Gasteiger charge is 2.27. The largest absolute Gasteiger partial charge is 0.346 e. The minimum atomic E-state index is -0.702. The number of pyridine rings is 1. The van der Waals surface area contributed by atoms with Crippen molar-refractivity contribution in [2.24, 2.45) is 0 Å². The third-order valence-electron chi connectivity index (χ3n) is 5.90. The van der Waals surface area contributed by atoms with Crippen molar-refractivity contribution in [2.45, 2.75) is 19.4 Å². The number of halogens is 2. The van der Waals surface area contributed by atoms with Crippen molar-refractivity contribution in [2.75, 3.05) is 13.6 Å².